The molecule has 5 nitrogen and oxygen atoms in total. The van der Waals surface area contributed by atoms with Gasteiger partial charge in [-0.2, -0.15) is 0 Å². The summed E-state index contributed by atoms with van der Waals surface area (Å²) >= 11 is 0. The van der Waals surface area contributed by atoms with Gasteiger partial charge in [0.1, 0.15) is 0 Å². The number of fused-ring (bicyclic) bond motifs is 1. The second-order valence-corrected chi connectivity index (χ2v) is 6.46. The van der Waals surface area contributed by atoms with Gasteiger partial charge < -0.3 is 10.6 Å². The molecule has 0 unspecified atom stereocenters. The summed E-state index contributed by atoms with van der Waals surface area (Å²) < 4.78 is 0. The van der Waals surface area contributed by atoms with Crippen molar-refractivity contribution in [2.45, 2.75) is 25.8 Å². The van der Waals surface area contributed by atoms with E-state index in [2.05, 4.69) is 15.6 Å². The molecule has 0 aliphatic rings. The Bertz CT molecular complexity index is 920. The van der Waals surface area contributed by atoms with Crippen LogP contribution in [-0.4, -0.2) is 23.3 Å². The fraction of sp³-hybridized carbons (Fsp3) is 0.227. The summed E-state index contributed by atoms with van der Waals surface area (Å²) in [6.45, 7) is 1.98. The van der Waals surface area contributed by atoms with E-state index in [4.69, 9.17) is 0 Å². The summed E-state index contributed by atoms with van der Waals surface area (Å²) in [4.78, 5) is 28.3. The average Bonchev–Trinajstić information content (AvgIpc) is 2.68. The zero-order chi connectivity index (χ0) is 19.1. The number of carbonyl (C=O) groups excluding carboxylic acids is 2. The van der Waals surface area contributed by atoms with E-state index < -0.39 is 0 Å². The fourth-order valence-electron chi connectivity index (χ4n) is 3.15. The number of carbonyl (C=O) groups is 2. The predicted molar refractivity (Wildman–Crippen MR) is 106 cm³/mol. The molecule has 138 valence electrons. The van der Waals surface area contributed by atoms with Gasteiger partial charge in [-0.3, -0.25) is 14.6 Å². The number of hydrogen-bond donors (Lipinski definition) is 2. The number of aromatic nitrogens is 1. The van der Waals surface area contributed by atoms with E-state index in [9.17, 15) is 9.59 Å². The number of benzene rings is 2. The highest BCUT2D eigenvalue weighted by Crippen LogP contribution is 2.17. The van der Waals surface area contributed by atoms with Crippen molar-refractivity contribution in [3.05, 3.63) is 78.0 Å². The number of nitrogens with one attached hydrogen (secondary N) is 2. The largest absolute Gasteiger partial charge is 0.356 e. The van der Waals surface area contributed by atoms with Gasteiger partial charge in [-0.1, -0.05) is 54.6 Å². The molecule has 0 spiro atoms. The minimum atomic E-state index is -0.331. The van der Waals surface area contributed by atoms with Crippen molar-refractivity contribution in [2.24, 2.45) is 0 Å². The van der Waals surface area contributed by atoms with Gasteiger partial charge >= 0.3 is 0 Å². The third-order valence-electron chi connectivity index (χ3n) is 4.40. The van der Waals surface area contributed by atoms with E-state index in [0.717, 1.165) is 22.0 Å². The molecule has 27 heavy (non-hydrogen) atoms. The first kappa shape index (κ1) is 18.6. The van der Waals surface area contributed by atoms with Gasteiger partial charge in [-0.15, -0.1) is 0 Å². The number of rotatable bonds is 7. The lowest BCUT2D eigenvalue weighted by molar-refractivity contribution is -0.122. The van der Waals surface area contributed by atoms with Crippen LogP contribution in [-0.2, 0) is 16.0 Å². The molecule has 2 amide bonds. The van der Waals surface area contributed by atoms with Crippen LogP contribution < -0.4 is 10.6 Å². The lowest BCUT2D eigenvalue weighted by atomic mass is 10.0. The lowest BCUT2D eigenvalue weighted by Gasteiger charge is -2.18. The molecule has 1 atom stereocenters. The van der Waals surface area contributed by atoms with Crippen LogP contribution in [0.3, 0.4) is 0 Å². The van der Waals surface area contributed by atoms with E-state index >= 15 is 0 Å². The van der Waals surface area contributed by atoms with Crippen LogP contribution in [0.2, 0.25) is 0 Å². The summed E-state index contributed by atoms with van der Waals surface area (Å²) in [5, 5.41) is 6.89. The van der Waals surface area contributed by atoms with Crippen LogP contribution in [0, 0.1) is 0 Å². The number of para-hydroxylation sites is 1. The van der Waals surface area contributed by atoms with Crippen LogP contribution in [0.1, 0.15) is 30.5 Å². The summed E-state index contributed by atoms with van der Waals surface area (Å²) in [7, 11) is 0. The zero-order valence-electron chi connectivity index (χ0n) is 15.3. The van der Waals surface area contributed by atoms with Crippen molar-refractivity contribution in [3.8, 4) is 0 Å². The van der Waals surface area contributed by atoms with Gasteiger partial charge in [0, 0.05) is 25.1 Å². The summed E-state index contributed by atoms with van der Waals surface area (Å²) in [5.41, 5.74) is 2.99. The number of hydrogen-bond acceptors (Lipinski definition) is 3. The van der Waals surface area contributed by atoms with Gasteiger partial charge in [-0.25, -0.2) is 0 Å². The number of pyridine rings is 1. The Hall–Kier alpha value is -3.21. The quantitative estimate of drug-likeness (QED) is 0.679. The second-order valence-electron chi connectivity index (χ2n) is 6.46. The van der Waals surface area contributed by atoms with Gasteiger partial charge in [0.15, 0.2) is 0 Å². The molecule has 0 bridgehead atoms. The molecule has 2 N–H and O–H groups in total. The molecule has 3 rings (SSSR count). The summed E-state index contributed by atoms with van der Waals surface area (Å²) in [6.07, 6.45) is 2.69. The van der Waals surface area contributed by atoms with E-state index in [1.165, 1.54) is 6.92 Å². The molecule has 2 aromatic carbocycles. The highest BCUT2D eigenvalue weighted by molar-refractivity contribution is 5.82. The van der Waals surface area contributed by atoms with E-state index in [1.807, 2.05) is 60.7 Å². The first-order valence-corrected chi connectivity index (χ1v) is 9.05. The van der Waals surface area contributed by atoms with Crippen molar-refractivity contribution in [3.63, 3.8) is 0 Å². The predicted octanol–water partition coefficient (Wildman–Crippen LogP) is 3.16. The maximum atomic E-state index is 12.4. The molecular formula is C22H23N3O2. The minimum Gasteiger partial charge on any atom is -0.356 e. The van der Waals surface area contributed by atoms with Crippen LogP contribution >= 0.6 is 0 Å². The minimum absolute atomic E-state index is 0.0919. The first-order chi connectivity index (χ1) is 13.1. The normalized spacial score (nSPS) is 11.7. The second kappa shape index (κ2) is 8.94. The van der Waals surface area contributed by atoms with Crippen LogP contribution in [0.25, 0.3) is 10.9 Å². The number of nitrogens with zero attached hydrogens (tertiary/aromatic N) is 1. The first-order valence-electron chi connectivity index (χ1n) is 9.05. The lowest BCUT2D eigenvalue weighted by Crippen LogP contribution is -2.33. The van der Waals surface area contributed by atoms with Crippen molar-refractivity contribution in [1.82, 2.24) is 15.6 Å². The standard InChI is InChI=1S/C22H23N3O2/c1-16(26)25-20(17-7-3-2-4-8-17)15-21(27)23-14-12-19-10-5-9-18-11-6-13-24-22(18)19/h2-11,13,20H,12,14-15H2,1H3,(H,23,27)(H,25,26)/t20-/m1/s1. The Labute approximate surface area is 158 Å². The van der Waals surface area contributed by atoms with E-state index in [-0.39, 0.29) is 24.3 Å². The smallest absolute Gasteiger partial charge is 0.222 e. The molecule has 1 heterocycles. The molecule has 0 aliphatic heterocycles. The zero-order valence-corrected chi connectivity index (χ0v) is 15.3. The Morgan fingerprint density at radius 2 is 1.78 bits per heavy atom. The molecule has 1 aromatic heterocycles. The number of amides is 2. The van der Waals surface area contributed by atoms with Crippen LogP contribution in [0.15, 0.2) is 66.9 Å². The van der Waals surface area contributed by atoms with E-state index in [0.29, 0.717) is 13.0 Å². The maximum Gasteiger partial charge on any atom is 0.222 e. The Morgan fingerprint density at radius 3 is 2.56 bits per heavy atom. The molecule has 0 radical (unpaired) electrons. The molecule has 0 fully saturated rings. The molecule has 3 aromatic rings. The monoisotopic (exact) mass is 361 g/mol. The van der Waals surface area contributed by atoms with Crippen LogP contribution in [0.4, 0.5) is 0 Å². The molecular weight excluding hydrogens is 338 g/mol. The summed E-state index contributed by atoms with van der Waals surface area (Å²) in [5.74, 6) is -0.246. The Kier molecular flexibility index (Phi) is 6.15. The van der Waals surface area contributed by atoms with Gasteiger partial charge in [-0.05, 0) is 23.6 Å². The van der Waals surface area contributed by atoms with Gasteiger partial charge in [0.05, 0.1) is 18.0 Å². The van der Waals surface area contributed by atoms with E-state index in [1.54, 1.807) is 6.20 Å². The highest BCUT2D eigenvalue weighted by atomic mass is 16.2. The topological polar surface area (TPSA) is 71.1 Å². The Balaban J connectivity index is 1.58. The van der Waals surface area contributed by atoms with Crippen molar-refractivity contribution in [1.29, 1.82) is 0 Å². The fourth-order valence-corrected chi connectivity index (χ4v) is 3.15. The van der Waals surface area contributed by atoms with Crippen molar-refractivity contribution in [2.75, 3.05) is 6.54 Å². The molecule has 0 saturated heterocycles. The van der Waals surface area contributed by atoms with Gasteiger partial charge in [0.25, 0.3) is 0 Å². The molecule has 0 saturated carbocycles. The third kappa shape index (κ3) is 5.14. The van der Waals surface area contributed by atoms with Crippen molar-refractivity contribution >= 4 is 22.7 Å². The van der Waals surface area contributed by atoms with Gasteiger partial charge in [0.2, 0.25) is 11.8 Å². The maximum absolute atomic E-state index is 12.4. The van der Waals surface area contributed by atoms with Crippen LogP contribution in [0.5, 0.6) is 0 Å². The summed E-state index contributed by atoms with van der Waals surface area (Å²) in [6, 6.07) is 19.2. The highest BCUT2D eigenvalue weighted by Gasteiger charge is 2.16. The average molecular weight is 361 g/mol. The third-order valence-corrected chi connectivity index (χ3v) is 4.40. The molecule has 5 heteroatoms. The molecule has 0 aliphatic carbocycles. The Morgan fingerprint density at radius 1 is 1.00 bits per heavy atom. The van der Waals surface area contributed by atoms with Crippen molar-refractivity contribution < 1.29 is 9.59 Å². The SMILES string of the molecule is CC(=O)N[C@H](CC(=O)NCCc1cccc2cccnc12)c1ccccc1.